The summed E-state index contributed by atoms with van der Waals surface area (Å²) in [4.78, 5) is 10.8. The molecule has 0 aromatic heterocycles. The van der Waals surface area contributed by atoms with Crippen molar-refractivity contribution in [2.75, 3.05) is 6.61 Å². The van der Waals surface area contributed by atoms with E-state index in [-0.39, 0.29) is 24.5 Å². The third-order valence-corrected chi connectivity index (χ3v) is 2.37. The highest BCUT2D eigenvalue weighted by Crippen LogP contribution is 2.18. The Balaban J connectivity index is 2.60. The van der Waals surface area contributed by atoms with E-state index in [1.165, 1.54) is 0 Å². The van der Waals surface area contributed by atoms with E-state index in [4.69, 9.17) is 16.2 Å². The van der Waals surface area contributed by atoms with E-state index in [1.807, 2.05) is 31.2 Å². The topological polar surface area (TPSA) is 78.3 Å². The van der Waals surface area contributed by atoms with Crippen LogP contribution in [0.4, 0.5) is 0 Å². The van der Waals surface area contributed by atoms with E-state index < -0.39 is 0 Å². The molecule has 0 aliphatic heterocycles. The number of carbonyl (C=O) groups excluding carboxylic acids is 1. The van der Waals surface area contributed by atoms with Gasteiger partial charge in [-0.05, 0) is 24.6 Å². The van der Waals surface area contributed by atoms with Crippen molar-refractivity contribution >= 4 is 5.91 Å². The lowest BCUT2D eigenvalue weighted by molar-refractivity contribution is -0.122. The molecular formula is C12H18N2O2. The van der Waals surface area contributed by atoms with E-state index in [0.717, 1.165) is 5.56 Å². The summed E-state index contributed by atoms with van der Waals surface area (Å²) in [6.07, 6.45) is 0. The fourth-order valence-electron chi connectivity index (χ4n) is 1.19. The SMILES string of the molecule is CC(COc1cccc([C@H](C)N)c1)C(N)=O. The smallest absolute Gasteiger partial charge is 0.223 e. The first-order valence-electron chi connectivity index (χ1n) is 5.28. The van der Waals surface area contributed by atoms with Crippen LogP contribution in [0.15, 0.2) is 24.3 Å². The van der Waals surface area contributed by atoms with E-state index >= 15 is 0 Å². The zero-order valence-corrected chi connectivity index (χ0v) is 9.64. The molecule has 4 heteroatoms. The van der Waals surface area contributed by atoms with Crippen LogP contribution >= 0.6 is 0 Å². The summed E-state index contributed by atoms with van der Waals surface area (Å²) in [5, 5.41) is 0. The lowest BCUT2D eigenvalue weighted by atomic mass is 10.1. The molecule has 0 saturated heterocycles. The lowest BCUT2D eigenvalue weighted by Gasteiger charge is -2.12. The van der Waals surface area contributed by atoms with Gasteiger partial charge in [0.1, 0.15) is 5.75 Å². The number of primary amides is 1. The first-order chi connectivity index (χ1) is 7.50. The van der Waals surface area contributed by atoms with Gasteiger partial charge >= 0.3 is 0 Å². The average molecular weight is 222 g/mol. The minimum absolute atomic E-state index is 0.0305. The molecule has 1 aromatic rings. The molecule has 0 radical (unpaired) electrons. The second-order valence-corrected chi connectivity index (χ2v) is 3.98. The highest BCUT2D eigenvalue weighted by atomic mass is 16.5. The molecule has 0 heterocycles. The average Bonchev–Trinajstić information content (AvgIpc) is 2.26. The largest absolute Gasteiger partial charge is 0.493 e. The van der Waals surface area contributed by atoms with Gasteiger partial charge in [0.05, 0.1) is 12.5 Å². The van der Waals surface area contributed by atoms with Crippen molar-refractivity contribution in [1.29, 1.82) is 0 Å². The van der Waals surface area contributed by atoms with E-state index in [2.05, 4.69) is 0 Å². The molecule has 0 spiro atoms. The van der Waals surface area contributed by atoms with E-state index in [9.17, 15) is 4.79 Å². The molecule has 16 heavy (non-hydrogen) atoms. The monoisotopic (exact) mass is 222 g/mol. The number of rotatable bonds is 5. The fourth-order valence-corrected chi connectivity index (χ4v) is 1.19. The Labute approximate surface area is 95.6 Å². The maximum absolute atomic E-state index is 10.8. The summed E-state index contributed by atoms with van der Waals surface area (Å²) < 4.78 is 5.46. The normalized spacial score (nSPS) is 14.2. The number of nitrogens with two attached hydrogens (primary N) is 2. The number of carbonyl (C=O) groups is 1. The Bertz CT molecular complexity index is 364. The number of ether oxygens (including phenoxy) is 1. The highest BCUT2D eigenvalue weighted by Gasteiger charge is 2.09. The lowest BCUT2D eigenvalue weighted by Crippen LogP contribution is -2.25. The minimum atomic E-state index is -0.358. The number of hydrogen-bond acceptors (Lipinski definition) is 3. The Kier molecular flexibility index (Phi) is 4.31. The molecular weight excluding hydrogens is 204 g/mol. The van der Waals surface area contributed by atoms with Gasteiger partial charge in [-0.1, -0.05) is 19.1 Å². The van der Waals surface area contributed by atoms with Crippen molar-refractivity contribution < 1.29 is 9.53 Å². The van der Waals surface area contributed by atoms with Gasteiger partial charge in [-0.3, -0.25) is 4.79 Å². The van der Waals surface area contributed by atoms with Gasteiger partial charge in [-0.2, -0.15) is 0 Å². The van der Waals surface area contributed by atoms with Crippen molar-refractivity contribution in [3.05, 3.63) is 29.8 Å². The van der Waals surface area contributed by atoms with Gasteiger partial charge in [0, 0.05) is 6.04 Å². The molecule has 0 saturated carbocycles. The van der Waals surface area contributed by atoms with Gasteiger partial charge in [-0.15, -0.1) is 0 Å². The molecule has 1 rings (SSSR count). The van der Waals surface area contributed by atoms with Crippen LogP contribution in [0, 0.1) is 5.92 Å². The third kappa shape index (κ3) is 3.55. The minimum Gasteiger partial charge on any atom is -0.493 e. The second kappa shape index (κ2) is 5.51. The van der Waals surface area contributed by atoms with Crippen LogP contribution in [0.5, 0.6) is 5.75 Å². The first-order valence-corrected chi connectivity index (χ1v) is 5.28. The maximum atomic E-state index is 10.8. The molecule has 4 N–H and O–H groups in total. The van der Waals surface area contributed by atoms with Crippen LogP contribution in [0.2, 0.25) is 0 Å². The first kappa shape index (κ1) is 12.5. The molecule has 0 bridgehead atoms. The summed E-state index contributed by atoms with van der Waals surface area (Å²) in [7, 11) is 0. The number of benzene rings is 1. The van der Waals surface area contributed by atoms with Crippen LogP contribution in [0.1, 0.15) is 25.5 Å². The molecule has 0 aliphatic carbocycles. The van der Waals surface area contributed by atoms with Crippen molar-refractivity contribution in [1.82, 2.24) is 0 Å². The van der Waals surface area contributed by atoms with Crippen molar-refractivity contribution in [3.8, 4) is 5.75 Å². The van der Waals surface area contributed by atoms with E-state index in [1.54, 1.807) is 6.92 Å². The van der Waals surface area contributed by atoms with Crippen molar-refractivity contribution in [2.24, 2.45) is 17.4 Å². The van der Waals surface area contributed by atoms with Gasteiger partial charge in [0.15, 0.2) is 0 Å². The zero-order valence-electron chi connectivity index (χ0n) is 9.64. The standard InChI is InChI=1S/C12H18N2O2/c1-8(12(14)15)7-16-11-5-3-4-10(6-11)9(2)13/h3-6,8-9H,7,13H2,1-2H3,(H2,14,15)/t8?,9-/m0/s1. The van der Waals surface area contributed by atoms with Gasteiger partial charge in [0.2, 0.25) is 5.91 Å². The quantitative estimate of drug-likeness (QED) is 0.785. The summed E-state index contributed by atoms with van der Waals surface area (Å²) in [6, 6.07) is 7.49. The molecule has 1 unspecified atom stereocenters. The predicted octanol–water partition coefficient (Wildman–Crippen LogP) is 1.21. The van der Waals surface area contributed by atoms with Crippen molar-refractivity contribution in [2.45, 2.75) is 19.9 Å². The van der Waals surface area contributed by atoms with Crippen LogP contribution in [-0.2, 0) is 4.79 Å². The summed E-state index contributed by atoms with van der Waals surface area (Å²) in [6.45, 7) is 3.93. The Hall–Kier alpha value is -1.55. The highest BCUT2D eigenvalue weighted by molar-refractivity contribution is 5.76. The Morgan fingerprint density at radius 1 is 1.44 bits per heavy atom. The molecule has 1 amide bonds. The Morgan fingerprint density at radius 2 is 2.12 bits per heavy atom. The molecule has 0 aliphatic rings. The van der Waals surface area contributed by atoms with Crippen LogP contribution in [0.3, 0.4) is 0 Å². The molecule has 2 atom stereocenters. The van der Waals surface area contributed by atoms with Crippen LogP contribution < -0.4 is 16.2 Å². The molecule has 0 fully saturated rings. The van der Waals surface area contributed by atoms with Gasteiger partial charge in [0.25, 0.3) is 0 Å². The van der Waals surface area contributed by atoms with Crippen molar-refractivity contribution in [3.63, 3.8) is 0 Å². The second-order valence-electron chi connectivity index (χ2n) is 3.98. The maximum Gasteiger partial charge on any atom is 0.223 e. The van der Waals surface area contributed by atoms with E-state index in [0.29, 0.717) is 5.75 Å². The van der Waals surface area contributed by atoms with Gasteiger partial charge < -0.3 is 16.2 Å². The summed E-state index contributed by atoms with van der Waals surface area (Å²) in [5.41, 5.74) is 11.9. The fraction of sp³-hybridized carbons (Fsp3) is 0.417. The molecule has 1 aromatic carbocycles. The zero-order chi connectivity index (χ0) is 12.1. The summed E-state index contributed by atoms with van der Waals surface area (Å²) in [5.74, 6) is 0.0604. The molecule has 4 nitrogen and oxygen atoms in total. The number of hydrogen-bond donors (Lipinski definition) is 2. The third-order valence-electron chi connectivity index (χ3n) is 2.37. The summed E-state index contributed by atoms with van der Waals surface area (Å²) >= 11 is 0. The number of amides is 1. The van der Waals surface area contributed by atoms with Crippen LogP contribution in [-0.4, -0.2) is 12.5 Å². The van der Waals surface area contributed by atoms with Gasteiger partial charge in [-0.25, -0.2) is 0 Å². The van der Waals surface area contributed by atoms with Crippen LogP contribution in [0.25, 0.3) is 0 Å². The predicted molar refractivity (Wildman–Crippen MR) is 62.9 cm³/mol. The Morgan fingerprint density at radius 3 is 2.69 bits per heavy atom. The molecule has 88 valence electrons.